The number of fused-ring (bicyclic) bond motifs is 1. The predicted octanol–water partition coefficient (Wildman–Crippen LogP) is 3.34. The van der Waals surface area contributed by atoms with Gasteiger partial charge in [0.1, 0.15) is 5.69 Å². The molecule has 0 unspecified atom stereocenters. The van der Waals surface area contributed by atoms with Crippen molar-refractivity contribution in [3.63, 3.8) is 0 Å². The summed E-state index contributed by atoms with van der Waals surface area (Å²) in [5, 5.41) is 13.7. The van der Waals surface area contributed by atoms with Gasteiger partial charge in [-0.25, -0.2) is 0 Å². The van der Waals surface area contributed by atoms with E-state index in [0.717, 1.165) is 15.9 Å². The molecule has 4 nitrogen and oxygen atoms in total. The monoisotopic (exact) mass is 316 g/mol. The second-order valence-corrected chi connectivity index (χ2v) is 5.36. The largest absolute Gasteiger partial charge is 0.379 e. The fourth-order valence-corrected chi connectivity index (χ4v) is 2.37. The molecule has 1 heterocycles. The highest BCUT2D eigenvalue weighted by Gasteiger charge is 2.00. The maximum Gasteiger partial charge on any atom is 0.102 e. The van der Waals surface area contributed by atoms with Crippen molar-refractivity contribution in [3.8, 4) is 0 Å². The lowest BCUT2D eigenvalue weighted by Crippen LogP contribution is -1.99. The number of anilines is 1. The normalized spacial score (nSPS) is 10.8. The van der Waals surface area contributed by atoms with Crippen molar-refractivity contribution in [2.24, 2.45) is 7.05 Å². The van der Waals surface area contributed by atoms with Crippen LogP contribution in [-0.4, -0.2) is 15.0 Å². The summed E-state index contributed by atoms with van der Waals surface area (Å²) >= 11 is 3.48. The first-order chi connectivity index (χ1) is 9.20. The van der Waals surface area contributed by atoms with Gasteiger partial charge in [0, 0.05) is 23.4 Å². The summed E-state index contributed by atoms with van der Waals surface area (Å²) in [6.45, 7) is 0.676. The van der Waals surface area contributed by atoms with Crippen molar-refractivity contribution < 1.29 is 0 Å². The number of hydrogen-bond acceptors (Lipinski definition) is 3. The number of nitrogens with zero attached hydrogens (tertiary/aromatic N) is 3. The molecule has 0 radical (unpaired) electrons. The summed E-state index contributed by atoms with van der Waals surface area (Å²) in [7, 11) is 1.87. The second-order valence-electron chi connectivity index (χ2n) is 4.44. The molecule has 3 aromatic rings. The molecule has 0 aliphatic rings. The van der Waals surface area contributed by atoms with Crippen molar-refractivity contribution in [3.05, 3.63) is 52.8 Å². The first kappa shape index (κ1) is 12.2. The quantitative estimate of drug-likeness (QED) is 0.805. The van der Waals surface area contributed by atoms with E-state index in [2.05, 4.69) is 68.0 Å². The summed E-state index contributed by atoms with van der Waals surface area (Å²) in [5.41, 5.74) is 2.01. The number of aryl methyl sites for hydroxylation is 1. The van der Waals surface area contributed by atoms with Gasteiger partial charge in [0.25, 0.3) is 0 Å². The van der Waals surface area contributed by atoms with Gasteiger partial charge in [-0.1, -0.05) is 33.3 Å². The lowest BCUT2D eigenvalue weighted by molar-refractivity contribution is 0.713. The number of nitrogens with one attached hydrogen (secondary N) is 1. The van der Waals surface area contributed by atoms with E-state index < -0.39 is 0 Å². The van der Waals surface area contributed by atoms with E-state index in [4.69, 9.17) is 0 Å². The van der Waals surface area contributed by atoms with Crippen molar-refractivity contribution in [2.75, 3.05) is 5.32 Å². The molecule has 0 atom stereocenters. The number of hydrogen-bond donors (Lipinski definition) is 1. The molecule has 0 bridgehead atoms. The van der Waals surface area contributed by atoms with Gasteiger partial charge in [0.05, 0.1) is 6.54 Å². The molecule has 96 valence electrons. The topological polar surface area (TPSA) is 42.7 Å². The third kappa shape index (κ3) is 2.76. The Morgan fingerprint density at radius 3 is 2.74 bits per heavy atom. The zero-order valence-electron chi connectivity index (χ0n) is 10.5. The lowest BCUT2D eigenvalue weighted by atomic mass is 10.1. The molecule has 0 saturated heterocycles. The van der Waals surface area contributed by atoms with Crippen LogP contribution in [0.25, 0.3) is 10.8 Å². The molecule has 2 aromatic carbocycles. The van der Waals surface area contributed by atoms with Crippen molar-refractivity contribution in [2.45, 2.75) is 6.54 Å². The van der Waals surface area contributed by atoms with Gasteiger partial charge in [0.15, 0.2) is 0 Å². The highest BCUT2D eigenvalue weighted by molar-refractivity contribution is 9.10. The molecular weight excluding hydrogens is 304 g/mol. The van der Waals surface area contributed by atoms with Gasteiger partial charge < -0.3 is 5.32 Å². The smallest absolute Gasteiger partial charge is 0.102 e. The van der Waals surface area contributed by atoms with Crippen LogP contribution in [-0.2, 0) is 13.6 Å². The Balaban J connectivity index is 1.79. The van der Waals surface area contributed by atoms with Gasteiger partial charge >= 0.3 is 0 Å². The minimum atomic E-state index is 0.676. The summed E-state index contributed by atoms with van der Waals surface area (Å²) < 4.78 is 2.80. The third-order valence-corrected chi connectivity index (χ3v) is 3.42. The van der Waals surface area contributed by atoms with E-state index in [1.165, 1.54) is 10.8 Å². The minimum absolute atomic E-state index is 0.676. The minimum Gasteiger partial charge on any atom is -0.379 e. The molecule has 0 fully saturated rings. The number of rotatable bonds is 3. The molecule has 5 heteroatoms. The van der Waals surface area contributed by atoms with E-state index in [9.17, 15) is 0 Å². The predicted molar refractivity (Wildman–Crippen MR) is 80.0 cm³/mol. The highest BCUT2D eigenvalue weighted by atomic mass is 79.9. The van der Waals surface area contributed by atoms with Gasteiger partial charge in [0.2, 0.25) is 0 Å². The van der Waals surface area contributed by atoms with Crippen LogP contribution in [0.5, 0.6) is 0 Å². The lowest BCUT2D eigenvalue weighted by Gasteiger charge is -2.06. The maximum atomic E-state index is 4.05. The van der Waals surface area contributed by atoms with Crippen molar-refractivity contribution >= 4 is 32.4 Å². The van der Waals surface area contributed by atoms with Gasteiger partial charge in [-0.3, -0.25) is 4.68 Å². The summed E-state index contributed by atoms with van der Waals surface area (Å²) in [6.07, 6.45) is 1.91. The average Bonchev–Trinajstić information content (AvgIpc) is 2.82. The Labute approximate surface area is 119 Å². The Hall–Kier alpha value is -1.88. The molecule has 19 heavy (non-hydrogen) atoms. The summed E-state index contributed by atoms with van der Waals surface area (Å²) in [5.74, 6) is 0. The Kier molecular flexibility index (Phi) is 3.21. The SMILES string of the molecule is Cn1cc(CNc2ccc3cc(Br)ccc3c2)nn1. The Bertz CT molecular complexity index is 720. The molecule has 1 N–H and O–H groups in total. The number of benzene rings is 2. The summed E-state index contributed by atoms with van der Waals surface area (Å²) in [4.78, 5) is 0. The van der Waals surface area contributed by atoms with E-state index in [0.29, 0.717) is 6.54 Å². The van der Waals surface area contributed by atoms with Crippen LogP contribution < -0.4 is 5.32 Å². The van der Waals surface area contributed by atoms with Crippen LogP contribution in [0.4, 0.5) is 5.69 Å². The van der Waals surface area contributed by atoms with Crippen LogP contribution in [0, 0.1) is 0 Å². The molecule has 0 saturated carbocycles. The first-order valence-electron chi connectivity index (χ1n) is 5.99. The zero-order chi connectivity index (χ0) is 13.2. The van der Waals surface area contributed by atoms with Crippen LogP contribution in [0.15, 0.2) is 47.1 Å². The standard InChI is InChI=1S/C14H13BrN4/c1-19-9-14(17-18-19)8-16-13-5-3-10-6-12(15)4-2-11(10)7-13/h2-7,9,16H,8H2,1H3. The van der Waals surface area contributed by atoms with Gasteiger partial charge in [-0.2, -0.15) is 0 Å². The molecule has 0 spiro atoms. The highest BCUT2D eigenvalue weighted by Crippen LogP contribution is 2.23. The Morgan fingerprint density at radius 2 is 1.95 bits per heavy atom. The molecule has 1 aromatic heterocycles. The maximum absolute atomic E-state index is 4.05. The van der Waals surface area contributed by atoms with Gasteiger partial charge in [-0.05, 0) is 35.0 Å². The fourth-order valence-electron chi connectivity index (χ4n) is 2.00. The first-order valence-corrected chi connectivity index (χ1v) is 6.78. The van der Waals surface area contributed by atoms with Crippen LogP contribution in [0.3, 0.4) is 0 Å². The van der Waals surface area contributed by atoms with E-state index in [1.54, 1.807) is 4.68 Å². The number of aromatic nitrogens is 3. The van der Waals surface area contributed by atoms with Crippen LogP contribution in [0.1, 0.15) is 5.69 Å². The van der Waals surface area contributed by atoms with E-state index in [-0.39, 0.29) is 0 Å². The fraction of sp³-hybridized carbons (Fsp3) is 0.143. The molecule has 3 rings (SSSR count). The van der Waals surface area contributed by atoms with Gasteiger partial charge in [-0.15, -0.1) is 5.10 Å². The third-order valence-electron chi connectivity index (χ3n) is 2.93. The average molecular weight is 317 g/mol. The Morgan fingerprint density at radius 1 is 1.16 bits per heavy atom. The number of halogens is 1. The summed E-state index contributed by atoms with van der Waals surface area (Å²) in [6, 6.07) is 12.6. The van der Waals surface area contributed by atoms with E-state index >= 15 is 0 Å². The van der Waals surface area contributed by atoms with Crippen LogP contribution in [0.2, 0.25) is 0 Å². The van der Waals surface area contributed by atoms with Crippen molar-refractivity contribution in [1.29, 1.82) is 0 Å². The molecule has 0 aliphatic heterocycles. The van der Waals surface area contributed by atoms with Crippen molar-refractivity contribution in [1.82, 2.24) is 15.0 Å². The molecule has 0 amide bonds. The molecular formula is C14H13BrN4. The second kappa shape index (κ2) is 5.01. The zero-order valence-corrected chi connectivity index (χ0v) is 12.1. The van der Waals surface area contributed by atoms with Crippen LogP contribution >= 0.6 is 15.9 Å². The van der Waals surface area contributed by atoms with E-state index in [1.807, 2.05) is 13.2 Å². The molecule has 0 aliphatic carbocycles.